The number of carbonyl (C=O) groups is 1. The second-order valence-corrected chi connectivity index (χ2v) is 5.15. The molecule has 0 aromatic carbocycles. The van der Waals surface area contributed by atoms with Gasteiger partial charge in [0.05, 0.1) is 11.6 Å². The van der Waals surface area contributed by atoms with Crippen LogP contribution in [0.25, 0.3) is 0 Å². The number of carbonyl (C=O) groups excluding carboxylic acids is 1. The Labute approximate surface area is 104 Å². The molecule has 100 valence electrons. The number of ether oxygens (including phenoxy) is 1. The highest BCUT2D eigenvalue weighted by atomic mass is 16.5. The maximum absolute atomic E-state index is 12.4. The molecular formula is C13H26N2O2. The average Bonchev–Trinajstić information content (AvgIpc) is 2.37. The van der Waals surface area contributed by atoms with E-state index >= 15 is 0 Å². The number of nitrogens with two attached hydrogens (primary N) is 1. The van der Waals surface area contributed by atoms with E-state index in [0.717, 1.165) is 13.0 Å². The Balaban J connectivity index is 2.70. The highest BCUT2D eigenvalue weighted by Gasteiger charge is 2.37. The summed E-state index contributed by atoms with van der Waals surface area (Å²) >= 11 is 0. The van der Waals surface area contributed by atoms with Gasteiger partial charge in [0.25, 0.3) is 0 Å². The van der Waals surface area contributed by atoms with Gasteiger partial charge in [-0.25, -0.2) is 0 Å². The third-order valence-electron chi connectivity index (χ3n) is 4.17. The molecule has 0 aliphatic carbocycles. The molecule has 2 unspecified atom stereocenters. The molecule has 0 bridgehead atoms. The Kier molecular flexibility index (Phi) is 4.95. The summed E-state index contributed by atoms with van der Waals surface area (Å²) in [6.07, 6.45) is 2.51. The molecule has 4 heteroatoms. The highest BCUT2D eigenvalue weighted by molar-refractivity contribution is 5.86. The highest BCUT2D eigenvalue weighted by Crippen LogP contribution is 2.23. The molecule has 1 rings (SSSR count). The Morgan fingerprint density at radius 2 is 2.06 bits per heavy atom. The van der Waals surface area contributed by atoms with Crippen molar-refractivity contribution in [1.82, 2.24) is 4.90 Å². The van der Waals surface area contributed by atoms with E-state index < -0.39 is 5.54 Å². The van der Waals surface area contributed by atoms with Crippen molar-refractivity contribution in [1.29, 1.82) is 0 Å². The minimum Gasteiger partial charge on any atom is -0.379 e. The van der Waals surface area contributed by atoms with Crippen LogP contribution in [0.2, 0.25) is 0 Å². The molecule has 0 spiro atoms. The van der Waals surface area contributed by atoms with Crippen LogP contribution in [0.4, 0.5) is 0 Å². The monoisotopic (exact) mass is 242 g/mol. The van der Waals surface area contributed by atoms with Crippen molar-refractivity contribution in [2.75, 3.05) is 20.2 Å². The number of methoxy groups -OCH3 is 1. The predicted molar refractivity (Wildman–Crippen MR) is 68.7 cm³/mol. The Hall–Kier alpha value is -0.610. The Bertz CT molecular complexity index is 264. The maximum Gasteiger partial charge on any atom is 0.242 e. The number of piperidine rings is 1. The van der Waals surface area contributed by atoms with Crippen molar-refractivity contribution in [3.05, 3.63) is 0 Å². The lowest BCUT2D eigenvalue weighted by Gasteiger charge is -2.40. The van der Waals surface area contributed by atoms with E-state index in [1.165, 1.54) is 0 Å². The van der Waals surface area contributed by atoms with Crippen molar-refractivity contribution in [2.24, 2.45) is 11.7 Å². The molecule has 0 aromatic heterocycles. The molecule has 1 fully saturated rings. The number of likely N-dealkylation sites (tertiary alicyclic amines) is 1. The number of nitrogens with zero attached hydrogens (tertiary/aromatic N) is 1. The van der Waals surface area contributed by atoms with Crippen LogP contribution >= 0.6 is 0 Å². The molecule has 2 atom stereocenters. The first-order chi connectivity index (χ1) is 7.98. The summed E-state index contributed by atoms with van der Waals surface area (Å²) < 4.78 is 5.43. The molecule has 2 N–H and O–H groups in total. The van der Waals surface area contributed by atoms with Gasteiger partial charge in [-0.05, 0) is 25.2 Å². The Morgan fingerprint density at radius 3 is 2.53 bits per heavy atom. The van der Waals surface area contributed by atoms with Crippen LogP contribution < -0.4 is 5.73 Å². The van der Waals surface area contributed by atoms with Crippen LogP contribution in [0.15, 0.2) is 0 Å². The molecule has 1 aliphatic heterocycles. The number of hydrogen-bond acceptors (Lipinski definition) is 3. The quantitative estimate of drug-likeness (QED) is 0.810. The van der Waals surface area contributed by atoms with Crippen LogP contribution in [0.1, 0.15) is 40.0 Å². The summed E-state index contributed by atoms with van der Waals surface area (Å²) in [5, 5.41) is 0. The minimum atomic E-state index is -0.696. The lowest BCUT2D eigenvalue weighted by molar-refractivity contribution is -0.142. The topological polar surface area (TPSA) is 55.6 Å². The lowest BCUT2D eigenvalue weighted by Crippen LogP contribution is -2.58. The van der Waals surface area contributed by atoms with Gasteiger partial charge in [0, 0.05) is 20.2 Å². The first kappa shape index (κ1) is 14.5. The third kappa shape index (κ3) is 2.99. The number of rotatable bonds is 4. The molecule has 0 radical (unpaired) electrons. The fraction of sp³-hybridized carbons (Fsp3) is 0.923. The van der Waals surface area contributed by atoms with E-state index in [-0.39, 0.29) is 12.0 Å². The van der Waals surface area contributed by atoms with E-state index in [2.05, 4.69) is 6.92 Å². The van der Waals surface area contributed by atoms with Crippen molar-refractivity contribution in [2.45, 2.75) is 51.7 Å². The third-order valence-corrected chi connectivity index (χ3v) is 4.17. The van der Waals surface area contributed by atoms with Gasteiger partial charge in [-0.2, -0.15) is 0 Å². The Morgan fingerprint density at radius 1 is 1.47 bits per heavy atom. The molecule has 0 aromatic rings. The first-order valence-electron chi connectivity index (χ1n) is 6.59. The zero-order valence-electron chi connectivity index (χ0n) is 11.5. The van der Waals surface area contributed by atoms with Gasteiger partial charge < -0.3 is 15.4 Å². The van der Waals surface area contributed by atoms with Gasteiger partial charge >= 0.3 is 0 Å². The summed E-state index contributed by atoms with van der Waals surface area (Å²) in [5.74, 6) is 0.593. The van der Waals surface area contributed by atoms with Gasteiger partial charge in [-0.1, -0.05) is 20.8 Å². The van der Waals surface area contributed by atoms with E-state index in [1.807, 2.05) is 18.7 Å². The van der Waals surface area contributed by atoms with E-state index in [0.29, 0.717) is 25.3 Å². The van der Waals surface area contributed by atoms with E-state index in [9.17, 15) is 4.79 Å². The van der Waals surface area contributed by atoms with Gasteiger partial charge in [0.1, 0.15) is 0 Å². The fourth-order valence-corrected chi connectivity index (χ4v) is 2.39. The number of amides is 1. The van der Waals surface area contributed by atoms with Gasteiger partial charge in [-0.3, -0.25) is 4.79 Å². The van der Waals surface area contributed by atoms with Crippen molar-refractivity contribution < 1.29 is 9.53 Å². The zero-order chi connectivity index (χ0) is 13.1. The second-order valence-electron chi connectivity index (χ2n) is 5.15. The fourth-order valence-electron chi connectivity index (χ4n) is 2.39. The van der Waals surface area contributed by atoms with Crippen LogP contribution in [0.5, 0.6) is 0 Å². The SMILES string of the molecule is CCC(N)(CC)C(=O)N1CCC(C)C(OC)C1. The molecule has 1 aliphatic rings. The van der Waals surface area contributed by atoms with Crippen molar-refractivity contribution in [3.63, 3.8) is 0 Å². The second kappa shape index (κ2) is 5.83. The van der Waals surface area contributed by atoms with Crippen LogP contribution in [0, 0.1) is 5.92 Å². The predicted octanol–water partition coefficient (Wildman–Crippen LogP) is 1.39. The lowest BCUT2D eigenvalue weighted by atomic mass is 9.89. The van der Waals surface area contributed by atoms with Crippen LogP contribution in [-0.4, -0.2) is 42.6 Å². The maximum atomic E-state index is 12.4. The normalized spacial score (nSPS) is 26.1. The van der Waals surface area contributed by atoms with Crippen LogP contribution in [-0.2, 0) is 9.53 Å². The van der Waals surface area contributed by atoms with Crippen molar-refractivity contribution in [3.8, 4) is 0 Å². The molecule has 1 amide bonds. The summed E-state index contributed by atoms with van der Waals surface area (Å²) in [7, 11) is 1.71. The van der Waals surface area contributed by atoms with Gasteiger partial charge in [0.2, 0.25) is 5.91 Å². The molecular weight excluding hydrogens is 216 g/mol. The summed E-state index contributed by atoms with van der Waals surface area (Å²) in [4.78, 5) is 14.3. The van der Waals surface area contributed by atoms with Gasteiger partial charge in [0.15, 0.2) is 0 Å². The minimum absolute atomic E-state index is 0.0800. The van der Waals surface area contributed by atoms with Gasteiger partial charge in [-0.15, -0.1) is 0 Å². The number of hydrogen-bond donors (Lipinski definition) is 1. The smallest absolute Gasteiger partial charge is 0.242 e. The molecule has 1 saturated heterocycles. The van der Waals surface area contributed by atoms with Crippen molar-refractivity contribution >= 4 is 5.91 Å². The summed E-state index contributed by atoms with van der Waals surface area (Å²) in [6, 6.07) is 0. The molecule has 0 saturated carbocycles. The average molecular weight is 242 g/mol. The zero-order valence-corrected chi connectivity index (χ0v) is 11.5. The molecule has 17 heavy (non-hydrogen) atoms. The molecule has 4 nitrogen and oxygen atoms in total. The largest absolute Gasteiger partial charge is 0.379 e. The summed E-state index contributed by atoms with van der Waals surface area (Å²) in [5.41, 5.74) is 5.46. The standard InChI is InChI=1S/C13H26N2O2/c1-5-13(14,6-2)12(16)15-8-7-10(3)11(9-15)17-4/h10-11H,5-9,14H2,1-4H3. The van der Waals surface area contributed by atoms with Crippen LogP contribution in [0.3, 0.4) is 0 Å². The van der Waals surface area contributed by atoms with E-state index in [4.69, 9.17) is 10.5 Å². The summed E-state index contributed by atoms with van der Waals surface area (Å²) in [6.45, 7) is 7.60. The van der Waals surface area contributed by atoms with E-state index in [1.54, 1.807) is 7.11 Å². The molecule has 1 heterocycles. The first-order valence-corrected chi connectivity index (χ1v) is 6.59.